The van der Waals surface area contributed by atoms with Gasteiger partial charge in [0.1, 0.15) is 5.82 Å². The van der Waals surface area contributed by atoms with Crippen LogP contribution in [-0.2, 0) is 19.6 Å². The van der Waals surface area contributed by atoms with Gasteiger partial charge in [-0.25, -0.2) is 22.4 Å². The second kappa shape index (κ2) is 11.2. The molecular formula is C27H33FN4O5S. The van der Waals surface area contributed by atoms with Gasteiger partial charge in [-0.1, -0.05) is 29.8 Å². The third kappa shape index (κ3) is 5.59. The van der Waals surface area contributed by atoms with Crippen LogP contribution in [0.15, 0.2) is 64.7 Å². The Labute approximate surface area is 222 Å². The van der Waals surface area contributed by atoms with Crippen LogP contribution in [0.2, 0.25) is 0 Å². The molecule has 0 saturated carbocycles. The molecule has 0 aliphatic carbocycles. The molecule has 0 bridgehead atoms. The van der Waals surface area contributed by atoms with Crippen LogP contribution in [0.4, 0.5) is 9.18 Å². The van der Waals surface area contributed by atoms with Crippen molar-refractivity contribution in [1.29, 1.82) is 0 Å². The second-order valence-electron chi connectivity index (χ2n) is 9.59. The normalized spacial score (nSPS) is 21.4. The van der Waals surface area contributed by atoms with Crippen molar-refractivity contribution in [1.82, 2.24) is 19.4 Å². The number of hydrogen-bond donors (Lipinski definition) is 1. The first-order valence-electron chi connectivity index (χ1n) is 12.5. The molecule has 2 atom stereocenters. The largest absolute Gasteiger partial charge is 0.463 e. The number of esters is 1. The van der Waals surface area contributed by atoms with Gasteiger partial charge >= 0.3 is 12.0 Å². The Morgan fingerprint density at radius 1 is 1.16 bits per heavy atom. The number of nitrogens with zero attached hydrogens (tertiary/aromatic N) is 3. The highest BCUT2D eigenvalue weighted by Crippen LogP contribution is 2.32. The number of carbonyl (C=O) groups excluding carboxylic acids is 2. The van der Waals surface area contributed by atoms with Gasteiger partial charge in [-0.05, 0) is 50.6 Å². The molecule has 2 heterocycles. The van der Waals surface area contributed by atoms with E-state index in [4.69, 9.17) is 4.74 Å². The summed E-state index contributed by atoms with van der Waals surface area (Å²) in [5.41, 5.74) is 2.06. The van der Waals surface area contributed by atoms with E-state index >= 15 is 0 Å². The first-order valence-corrected chi connectivity index (χ1v) is 14.0. The summed E-state index contributed by atoms with van der Waals surface area (Å²) in [7, 11) is -2.11. The number of amides is 2. The fourth-order valence-electron chi connectivity index (χ4n) is 4.91. The molecule has 2 aromatic carbocycles. The lowest BCUT2D eigenvalue weighted by atomic mass is 9.94. The van der Waals surface area contributed by atoms with E-state index in [-0.39, 0.29) is 36.2 Å². The Bertz CT molecular complexity index is 1350. The molecule has 38 heavy (non-hydrogen) atoms. The molecule has 204 valence electrons. The van der Waals surface area contributed by atoms with Crippen molar-refractivity contribution in [3.8, 4) is 0 Å². The molecule has 0 aromatic heterocycles. The first-order chi connectivity index (χ1) is 18.0. The lowest BCUT2D eigenvalue weighted by molar-refractivity contribution is -0.139. The van der Waals surface area contributed by atoms with E-state index in [0.29, 0.717) is 24.4 Å². The van der Waals surface area contributed by atoms with Gasteiger partial charge in [0, 0.05) is 45.0 Å². The van der Waals surface area contributed by atoms with Crippen molar-refractivity contribution in [2.45, 2.75) is 37.8 Å². The summed E-state index contributed by atoms with van der Waals surface area (Å²) in [6.07, 6.45) is 0. The molecule has 2 aliphatic rings. The van der Waals surface area contributed by atoms with E-state index in [1.165, 1.54) is 27.4 Å². The zero-order chi connectivity index (χ0) is 27.6. The number of urea groups is 1. The van der Waals surface area contributed by atoms with Crippen molar-refractivity contribution in [2.24, 2.45) is 0 Å². The Hall–Kier alpha value is -3.28. The number of piperazine rings is 1. The Kier molecular flexibility index (Phi) is 8.19. The summed E-state index contributed by atoms with van der Waals surface area (Å²) in [6.45, 7) is 6.82. The quantitative estimate of drug-likeness (QED) is 0.538. The SMILES string of the molecule is CCOC(=O)C1=C(CN2CCN(S(=O)(=O)c3ccc(C)cc3)[C@@H](C)C2)N(C)C(=O)N[C@H]1c1cccc(F)c1. The average Bonchev–Trinajstić information content (AvgIpc) is 2.87. The highest BCUT2D eigenvalue weighted by Gasteiger charge is 2.39. The van der Waals surface area contributed by atoms with Crippen LogP contribution in [0.3, 0.4) is 0 Å². The third-order valence-electron chi connectivity index (χ3n) is 6.91. The van der Waals surface area contributed by atoms with Crippen molar-refractivity contribution in [3.05, 3.63) is 76.7 Å². The van der Waals surface area contributed by atoms with E-state index in [0.717, 1.165) is 5.56 Å². The summed E-state index contributed by atoms with van der Waals surface area (Å²) in [5, 5.41) is 2.78. The fourth-order valence-corrected chi connectivity index (χ4v) is 6.52. The number of benzene rings is 2. The molecule has 0 unspecified atom stereocenters. The zero-order valence-electron chi connectivity index (χ0n) is 22.0. The van der Waals surface area contributed by atoms with Gasteiger partial charge in [-0.15, -0.1) is 0 Å². The zero-order valence-corrected chi connectivity index (χ0v) is 22.8. The smallest absolute Gasteiger partial charge is 0.338 e. The summed E-state index contributed by atoms with van der Waals surface area (Å²) < 4.78 is 47.4. The minimum Gasteiger partial charge on any atom is -0.463 e. The van der Waals surface area contributed by atoms with Crippen molar-refractivity contribution >= 4 is 22.0 Å². The summed E-state index contributed by atoms with van der Waals surface area (Å²) in [4.78, 5) is 29.7. The molecule has 4 rings (SSSR count). The molecular weight excluding hydrogens is 511 g/mol. The molecule has 11 heteroatoms. The van der Waals surface area contributed by atoms with E-state index in [1.807, 2.05) is 18.7 Å². The Morgan fingerprint density at radius 2 is 1.87 bits per heavy atom. The molecule has 1 N–H and O–H groups in total. The van der Waals surface area contributed by atoms with E-state index < -0.39 is 33.9 Å². The summed E-state index contributed by atoms with van der Waals surface area (Å²) in [5.74, 6) is -1.09. The van der Waals surface area contributed by atoms with E-state index in [9.17, 15) is 22.4 Å². The first kappa shape index (κ1) is 27.7. The second-order valence-corrected chi connectivity index (χ2v) is 11.5. The number of carbonyl (C=O) groups is 2. The number of nitrogens with one attached hydrogen (secondary N) is 1. The third-order valence-corrected chi connectivity index (χ3v) is 8.93. The average molecular weight is 545 g/mol. The minimum absolute atomic E-state index is 0.135. The molecule has 1 fully saturated rings. The minimum atomic E-state index is -3.67. The van der Waals surface area contributed by atoms with E-state index in [1.54, 1.807) is 44.3 Å². The topological polar surface area (TPSA) is 99.3 Å². The van der Waals surface area contributed by atoms with Crippen LogP contribution in [0.5, 0.6) is 0 Å². The standard InChI is InChI=1S/C27H33FN4O5S/c1-5-37-26(33)24-23(30(4)27(34)29-25(24)20-7-6-8-21(28)15-20)17-31-13-14-32(19(3)16-31)38(35,36)22-11-9-18(2)10-12-22/h6-12,15,19,25H,5,13-14,16-17H2,1-4H3,(H,29,34)/t19-,25-/m0/s1. The van der Waals surface area contributed by atoms with Crippen LogP contribution in [0.25, 0.3) is 0 Å². The van der Waals surface area contributed by atoms with Gasteiger partial charge in [0.05, 0.1) is 23.1 Å². The van der Waals surface area contributed by atoms with Gasteiger partial charge in [0.2, 0.25) is 10.0 Å². The van der Waals surface area contributed by atoms with Gasteiger partial charge in [-0.2, -0.15) is 4.31 Å². The number of aryl methyl sites for hydroxylation is 1. The van der Waals surface area contributed by atoms with Crippen molar-refractivity contribution in [2.75, 3.05) is 39.8 Å². The van der Waals surface area contributed by atoms with Gasteiger partial charge < -0.3 is 10.1 Å². The maximum atomic E-state index is 14.0. The number of rotatable bonds is 7. The molecule has 0 spiro atoms. The van der Waals surface area contributed by atoms with Gasteiger partial charge in [0.15, 0.2) is 0 Å². The van der Waals surface area contributed by atoms with Crippen LogP contribution >= 0.6 is 0 Å². The number of hydrogen-bond acceptors (Lipinski definition) is 6. The molecule has 9 nitrogen and oxygen atoms in total. The molecule has 2 aliphatic heterocycles. The molecule has 2 aromatic rings. The number of likely N-dealkylation sites (N-methyl/N-ethyl adjacent to an activating group) is 1. The van der Waals surface area contributed by atoms with Gasteiger partial charge in [-0.3, -0.25) is 9.80 Å². The summed E-state index contributed by atoms with van der Waals surface area (Å²) in [6, 6.07) is 10.9. The predicted molar refractivity (Wildman–Crippen MR) is 140 cm³/mol. The Morgan fingerprint density at radius 3 is 2.50 bits per heavy atom. The number of ether oxygens (including phenoxy) is 1. The number of sulfonamides is 1. The van der Waals surface area contributed by atoms with Crippen LogP contribution in [0.1, 0.15) is 31.0 Å². The van der Waals surface area contributed by atoms with Crippen LogP contribution in [0, 0.1) is 12.7 Å². The predicted octanol–water partition coefficient (Wildman–Crippen LogP) is 3.04. The molecule has 0 radical (unpaired) electrons. The van der Waals surface area contributed by atoms with E-state index in [2.05, 4.69) is 5.32 Å². The molecule has 1 saturated heterocycles. The monoisotopic (exact) mass is 544 g/mol. The lowest BCUT2D eigenvalue weighted by Gasteiger charge is -2.41. The molecule has 2 amide bonds. The lowest BCUT2D eigenvalue weighted by Crippen LogP contribution is -2.56. The maximum Gasteiger partial charge on any atom is 0.338 e. The highest BCUT2D eigenvalue weighted by atomic mass is 32.2. The van der Waals surface area contributed by atoms with Crippen molar-refractivity contribution < 1.29 is 27.1 Å². The van der Waals surface area contributed by atoms with Crippen molar-refractivity contribution in [3.63, 3.8) is 0 Å². The van der Waals surface area contributed by atoms with Crippen LogP contribution in [-0.4, -0.2) is 80.4 Å². The number of halogens is 1. The Balaban J connectivity index is 1.62. The summed E-state index contributed by atoms with van der Waals surface area (Å²) >= 11 is 0. The highest BCUT2D eigenvalue weighted by molar-refractivity contribution is 7.89. The van der Waals surface area contributed by atoms with Crippen LogP contribution < -0.4 is 5.32 Å². The fraction of sp³-hybridized carbons (Fsp3) is 0.407. The maximum absolute atomic E-state index is 14.0. The van der Waals surface area contributed by atoms with Gasteiger partial charge in [0.25, 0.3) is 0 Å².